The van der Waals surface area contributed by atoms with E-state index in [1.807, 2.05) is 0 Å². The van der Waals surface area contributed by atoms with Gasteiger partial charge in [0.05, 0.1) is 35.3 Å². The van der Waals surface area contributed by atoms with Crippen LogP contribution in [-0.2, 0) is 10.0 Å². The van der Waals surface area contributed by atoms with E-state index >= 15 is 0 Å². The van der Waals surface area contributed by atoms with Crippen LogP contribution in [0.25, 0.3) is 0 Å². The van der Waals surface area contributed by atoms with Gasteiger partial charge in [-0.15, -0.1) is 0 Å². The molecule has 0 fully saturated rings. The minimum absolute atomic E-state index is 0.149. The van der Waals surface area contributed by atoms with E-state index in [9.17, 15) is 13.2 Å². The van der Waals surface area contributed by atoms with Crippen LogP contribution in [0.2, 0.25) is 5.02 Å². The number of para-hydroxylation sites is 2. The number of carbonyl (C=O) groups excluding carboxylic acids is 1. The first-order chi connectivity index (χ1) is 11.2. The van der Waals surface area contributed by atoms with Gasteiger partial charge in [-0.2, -0.15) is 0 Å². The second kappa shape index (κ2) is 7.11. The molecule has 0 aliphatic carbocycles. The second-order valence-corrected chi connectivity index (χ2v) is 7.47. The van der Waals surface area contributed by atoms with E-state index in [-0.39, 0.29) is 10.6 Å². The highest BCUT2D eigenvalue weighted by Gasteiger charge is 2.17. The quantitative estimate of drug-likeness (QED) is 0.880. The fourth-order valence-corrected chi connectivity index (χ4v) is 2.77. The van der Waals surface area contributed by atoms with Gasteiger partial charge in [0.15, 0.2) is 0 Å². The summed E-state index contributed by atoms with van der Waals surface area (Å²) < 4.78 is 29.4. The Morgan fingerprint density at radius 1 is 1.21 bits per heavy atom. The van der Waals surface area contributed by atoms with E-state index < -0.39 is 15.9 Å². The van der Waals surface area contributed by atoms with Crippen molar-refractivity contribution in [1.29, 1.82) is 0 Å². The molecular formula is C16H17ClN2O4S. The monoisotopic (exact) mass is 368 g/mol. The summed E-state index contributed by atoms with van der Waals surface area (Å²) in [5, 5.41) is 2.87. The van der Waals surface area contributed by atoms with Gasteiger partial charge in [-0.3, -0.25) is 9.10 Å². The number of nitrogens with one attached hydrogen (secondary N) is 1. The molecule has 0 aliphatic rings. The molecule has 0 atom stereocenters. The standard InChI is InChI=1S/C16H17ClN2O4S/c1-19(24(3,21)22)11-8-9-12(13(17)10-11)16(20)18-14-6-4-5-7-15(14)23-2/h4-10H,1-3H3,(H,18,20). The average molecular weight is 369 g/mol. The Bertz CT molecular complexity index is 868. The fraction of sp³-hybridized carbons (Fsp3) is 0.188. The number of halogens is 1. The van der Waals surface area contributed by atoms with Crippen molar-refractivity contribution in [2.75, 3.05) is 30.0 Å². The van der Waals surface area contributed by atoms with Crippen molar-refractivity contribution in [2.45, 2.75) is 0 Å². The van der Waals surface area contributed by atoms with Crippen LogP contribution in [0.3, 0.4) is 0 Å². The number of hydrogen-bond donors (Lipinski definition) is 1. The van der Waals surface area contributed by atoms with Crippen molar-refractivity contribution in [3.63, 3.8) is 0 Å². The minimum atomic E-state index is -3.41. The summed E-state index contributed by atoms with van der Waals surface area (Å²) in [5.41, 5.74) is 1.11. The lowest BCUT2D eigenvalue weighted by atomic mass is 10.2. The molecule has 2 aromatic rings. The maximum atomic E-state index is 12.4. The van der Waals surface area contributed by atoms with Crippen molar-refractivity contribution in [3.05, 3.63) is 53.1 Å². The Kier molecular flexibility index (Phi) is 5.36. The maximum absolute atomic E-state index is 12.4. The number of benzene rings is 2. The number of nitrogens with zero attached hydrogens (tertiary/aromatic N) is 1. The summed E-state index contributed by atoms with van der Waals surface area (Å²) in [6.07, 6.45) is 1.09. The van der Waals surface area contributed by atoms with Gasteiger partial charge < -0.3 is 10.1 Å². The van der Waals surface area contributed by atoms with Crippen LogP contribution >= 0.6 is 11.6 Å². The lowest BCUT2D eigenvalue weighted by Crippen LogP contribution is -2.25. The highest BCUT2D eigenvalue weighted by atomic mass is 35.5. The molecule has 0 aromatic heterocycles. The van der Waals surface area contributed by atoms with Gasteiger partial charge in [-0.25, -0.2) is 8.42 Å². The number of carbonyl (C=O) groups is 1. The predicted octanol–water partition coefficient (Wildman–Crippen LogP) is 3.00. The summed E-state index contributed by atoms with van der Waals surface area (Å²) in [6.45, 7) is 0. The van der Waals surface area contributed by atoms with Gasteiger partial charge in [-0.05, 0) is 30.3 Å². The smallest absolute Gasteiger partial charge is 0.257 e. The SMILES string of the molecule is COc1ccccc1NC(=O)c1ccc(N(C)S(C)(=O)=O)cc1Cl. The summed E-state index contributed by atoms with van der Waals surface area (Å²) in [5.74, 6) is 0.105. The summed E-state index contributed by atoms with van der Waals surface area (Å²) in [7, 11) is -0.486. The third-order valence-corrected chi connectivity index (χ3v) is 4.93. The molecule has 1 N–H and O–H groups in total. The Morgan fingerprint density at radius 3 is 2.46 bits per heavy atom. The first-order valence-corrected chi connectivity index (χ1v) is 9.14. The molecule has 0 unspecified atom stereocenters. The Labute approximate surface area is 146 Å². The Balaban J connectivity index is 2.28. The number of ether oxygens (including phenoxy) is 1. The molecular weight excluding hydrogens is 352 g/mol. The molecule has 0 radical (unpaired) electrons. The molecule has 24 heavy (non-hydrogen) atoms. The first-order valence-electron chi connectivity index (χ1n) is 6.92. The molecule has 0 heterocycles. The van der Waals surface area contributed by atoms with Gasteiger partial charge in [0.1, 0.15) is 5.75 Å². The van der Waals surface area contributed by atoms with Crippen LogP contribution in [0, 0.1) is 0 Å². The number of hydrogen-bond acceptors (Lipinski definition) is 4. The van der Waals surface area contributed by atoms with E-state index in [4.69, 9.17) is 16.3 Å². The Morgan fingerprint density at radius 2 is 1.88 bits per heavy atom. The van der Waals surface area contributed by atoms with E-state index in [2.05, 4.69) is 5.32 Å². The number of sulfonamides is 1. The van der Waals surface area contributed by atoms with E-state index in [0.717, 1.165) is 10.6 Å². The van der Waals surface area contributed by atoms with E-state index in [0.29, 0.717) is 17.1 Å². The average Bonchev–Trinajstić information content (AvgIpc) is 2.53. The van der Waals surface area contributed by atoms with Crippen LogP contribution in [0.1, 0.15) is 10.4 Å². The molecule has 0 saturated heterocycles. The van der Waals surface area contributed by atoms with Crippen molar-refractivity contribution >= 4 is 38.9 Å². The molecule has 0 saturated carbocycles. The number of anilines is 2. The molecule has 8 heteroatoms. The zero-order valence-corrected chi connectivity index (χ0v) is 15.0. The third-order valence-electron chi connectivity index (χ3n) is 3.41. The summed E-state index contributed by atoms with van der Waals surface area (Å²) >= 11 is 6.14. The molecule has 0 bridgehead atoms. The summed E-state index contributed by atoms with van der Waals surface area (Å²) in [6, 6.07) is 11.4. The normalized spacial score (nSPS) is 11.0. The molecule has 128 valence electrons. The van der Waals surface area contributed by atoms with Crippen LogP contribution in [-0.4, -0.2) is 34.7 Å². The second-order valence-electron chi connectivity index (χ2n) is 5.05. The minimum Gasteiger partial charge on any atom is -0.495 e. The summed E-state index contributed by atoms with van der Waals surface area (Å²) in [4.78, 5) is 12.4. The van der Waals surface area contributed by atoms with Crippen LogP contribution < -0.4 is 14.4 Å². The zero-order chi connectivity index (χ0) is 17.9. The van der Waals surface area contributed by atoms with Crippen molar-refractivity contribution in [1.82, 2.24) is 0 Å². The number of rotatable bonds is 5. The largest absolute Gasteiger partial charge is 0.495 e. The maximum Gasteiger partial charge on any atom is 0.257 e. The lowest BCUT2D eigenvalue weighted by molar-refractivity contribution is 0.102. The molecule has 0 spiro atoms. The highest BCUT2D eigenvalue weighted by molar-refractivity contribution is 7.92. The lowest BCUT2D eigenvalue weighted by Gasteiger charge is -2.17. The highest BCUT2D eigenvalue weighted by Crippen LogP contribution is 2.27. The zero-order valence-electron chi connectivity index (χ0n) is 13.4. The Hall–Kier alpha value is -2.25. The van der Waals surface area contributed by atoms with Gasteiger partial charge >= 0.3 is 0 Å². The molecule has 1 amide bonds. The molecule has 2 aromatic carbocycles. The van der Waals surface area contributed by atoms with Gasteiger partial charge in [0, 0.05) is 7.05 Å². The predicted molar refractivity (Wildman–Crippen MR) is 95.6 cm³/mol. The van der Waals surface area contributed by atoms with E-state index in [1.54, 1.807) is 24.3 Å². The third kappa shape index (κ3) is 3.98. The van der Waals surface area contributed by atoms with Crippen molar-refractivity contribution in [2.24, 2.45) is 0 Å². The number of methoxy groups -OCH3 is 1. The fourth-order valence-electron chi connectivity index (χ4n) is 2.01. The van der Waals surface area contributed by atoms with Crippen molar-refractivity contribution < 1.29 is 17.9 Å². The van der Waals surface area contributed by atoms with E-state index in [1.165, 1.54) is 32.4 Å². The molecule has 0 aliphatic heterocycles. The van der Waals surface area contributed by atoms with Crippen LogP contribution in [0.4, 0.5) is 11.4 Å². The molecule has 2 rings (SSSR count). The van der Waals surface area contributed by atoms with Gasteiger partial charge in [0.2, 0.25) is 10.0 Å². The van der Waals surface area contributed by atoms with Crippen LogP contribution in [0.5, 0.6) is 5.75 Å². The van der Waals surface area contributed by atoms with Gasteiger partial charge in [-0.1, -0.05) is 23.7 Å². The molecule has 6 nitrogen and oxygen atoms in total. The van der Waals surface area contributed by atoms with Gasteiger partial charge in [0.25, 0.3) is 5.91 Å². The topological polar surface area (TPSA) is 75.7 Å². The van der Waals surface area contributed by atoms with Crippen molar-refractivity contribution in [3.8, 4) is 5.75 Å². The van der Waals surface area contributed by atoms with Crippen LogP contribution in [0.15, 0.2) is 42.5 Å². The number of amides is 1. The first kappa shape index (κ1) is 18.1.